The van der Waals surface area contributed by atoms with E-state index in [0.29, 0.717) is 11.9 Å². The average Bonchev–Trinajstić information content (AvgIpc) is 2.62. The van der Waals surface area contributed by atoms with Gasteiger partial charge >= 0.3 is 0 Å². The van der Waals surface area contributed by atoms with Gasteiger partial charge in [-0.2, -0.15) is 9.49 Å². The van der Waals surface area contributed by atoms with Gasteiger partial charge in [-0.1, -0.05) is 0 Å². The Morgan fingerprint density at radius 1 is 1.19 bits per heavy atom. The molecule has 0 bridgehead atoms. The number of hydrogen-bond donors (Lipinski definition) is 2. The molecular formula is C16H18F3N5O2. The second-order valence-corrected chi connectivity index (χ2v) is 5.44. The second-order valence-electron chi connectivity index (χ2n) is 5.44. The Morgan fingerprint density at radius 3 is 2.58 bits per heavy atom. The molecule has 0 aliphatic rings. The van der Waals surface area contributed by atoms with E-state index >= 15 is 0 Å². The Kier molecular flexibility index (Phi) is 6.21. The van der Waals surface area contributed by atoms with Gasteiger partial charge in [0, 0.05) is 33.3 Å². The molecule has 0 radical (unpaired) electrons. The third-order valence-corrected chi connectivity index (χ3v) is 3.44. The summed E-state index contributed by atoms with van der Waals surface area (Å²) in [4.78, 5) is 13.8. The number of methoxy groups -OCH3 is 1. The van der Waals surface area contributed by atoms with Gasteiger partial charge in [0.25, 0.3) is 5.91 Å². The van der Waals surface area contributed by atoms with Crippen molar-refractivity contribution in [2.45, 2.75) is 0 Å². The van der Waals surface area contributed by atoms with Crippen molar-refractivity contribution in [2.75, 3.05) is 44.5 Å². The summed E-state index contributed by atoms with van der Waals surface area (Å²) >= 11 is 0. The van der Waals surface area contributed by atoms with E-state index in [1.54, 1.807) is 12.3 Å². The van der Waals surface area contributed by atoms with Crippen LogP contribution in [0.5, 0.6) is 5.75 Å². The van der Waals surface area contributed by atoms with Crippen molar-refractivity contribution >= 4 is 17.4 Å². The van der Waals surface area contributed by atoms with Crippen LogP contribution in [-0.4, -0.2) is 50.4 Å². The Balaban J connectivity index is 1.96. The largest absolute Gasteiger partial charge is 0.491 e. The Labute approximate surface area is 148 Å². The van der Waals surface area contributed by atoms with Crippen LogP contribution in [-0.2, 0) is 0 Å². The monoisotopic (exact) mass is 369 g/mol. The van der Waals surface area contributed by atoms with E-state index < -0.39 is 34.7 Å². The number of ether oxygens (including phenoxy) is 1. The molecule has 0 spiro atoms. The summed E-state index contributed by atoms with van der Waals surface area (Å²) < 4.78 is 45.3. The number of carbonyl (C=O) groups is 1. The van der Waals surface area contributed by atoms with Crippen LogP contribution in [0, 0.1) is 17.5 Å². The quantitative estimate of drug-likeness (QED) is 0.573. The molecule has 0 saturated carbocycles. The summed E-state index contributed by atoms with van der Waals surface area (Å²) in [6.07, 6.45) is 1.59. The molecule has 140 valence electrons. The predicted molar refractivity (Wildman–Crippen MR) is 90.0 cm³/mol. The molecule has 1 amide bonds. The van der Waals surface area contributed by atoms with Crippen LogP contribution >= 0.6 is 0 Å². The molecule has 0 saturated heterocycles. The molecule has 1 heterocycles. The van der Waals surface area contributed by atoms with E-state index in [1.165, 1.54) is 0 Å². The first kappa shape index (κ1) is 19.3. The van der Waals surface area contributed by atoms with E-state index in [9.17, 15) is 18.0 Å². The molecule has 1 aromatic carbocycles. The van der Waals surface area contributed by atoms with Crippen LogP contribution in [0.25, 0.3) is 0 Å². The van der Waals surface area contributed by atoms with Gasteiger partial charge in [-0.3, -0.25) is 4.79 Å². The fraction of sp³-hybridized carbons (Fsp3) is 0.312. The van der Waals surface area contributed by atoms with Gasteiger partial charge in [-0.05, 0) is 6.07 Å². The lowest BCUT2D eigenvalue weighted by molar-refractivity contribution is 0.0949. The van der Waals surface area contributed by atoms with Gasteiger partial charge in [-0.15, -0.1) is 5.10 Å². The van der Waals surface area contributed by atoms with Crippen molar-refractivity contribution < 1.29 is 22.7 Å². The smallest absolute Gasteiger partial charge is 0.254 e. The maximum Gasteiger partial charge on any atom is 0.254 e. The number of benzene rings is 1. The normalized spacial score (nSPS) is 10.4. The third-order valence-electron chi connectivity index (χ3n) is 3.44. The average molecular weight is 369 g/mol. The van der Waals surface area contributed by atoms with Crippen LogP contribution in [0.1, 0.15) is 10.4 Å². The fourth-order valence-corrected chi connectivity index (χ4v) is 2.07. The van der Waals surface area contributed by atoms with Gasteiger partial charge < -0.3 is 20.3 Å². The van der Waals surface area contributed by atoms with Gasteiger partial charge in [0.05, 0.1) is 24.6 Å². The first-order valence-electron chi connectivity index (χ1n) is 7.58. The predicted octanol–water partition coefficient (Wildman–Crippen LogP) is 1.81. The zero-order valence-corrected chi connectivity index (χ0v) is 14.4. The maximum atomic E-state index is 14.0. The summed E-state index contributed by atoms with van der Waals surface area (Å²) in [5, 5.41) is 13.1. The summed E-state index contributed by atoms with van der Waals surface area (Å²) in [6.45, 7) is 0.354. The summed E-state index contributed by atoms with van der Waals surface area (Å²) in [7, 11) is 4.69. The minimum atomic E-state index is -1.48. The third kappa shape index (κ3) is 4.32. The van der Waals surface area contributed by atoms with Gasteiger partial charge in [0.1, 0.15) is 0 Å². The van der Waals surface area contributed by atoms with Crippen LogP contribution in [0.4, 0.5) is 24.7 Å². The molecule has 26 heavy (non-hydrogen) atoms. The molecule has 0 fully saturated rings. The SMILES string of the molecule is COc1c(F)c(F)cc(C(=O)NCCNc2cc(N(C)C)cnn2)c1F. The number of anilines is 2. The molecule has 1 aromatic heterocycles. The van der Waals surface area contributed by atoms with Crippen LogP contribution < -0.4 is 20.3 Å². The minimum absolute atomic E-state index is 0.0907. The highest BCUT2D eigenvalue weighted by atomic mass is 19.2. The molecule has 2 aromatic rings. The molecule has 7 nitrogen and oxygen atoms in total. The van der Waals surface area contributed by atoms with Crippen LogP contribution in [0.2, 0.25) is 0 Å². The number of rotatable bonds is 7. The molecule has 2 N–H and O–H groups in total. The van der Waals surface area contributed by atoms with Crippen molar-refractivity contribution in [3.63, 3.8) is 0 Å². The minimum Gasteiger partial charge on any atom is -0.491 e. The molecule has 10 heteroatoms. The number of aromatic nitrogens is 2. The lowest BCUT2D eigenvalue weighted by Gasteiger charge is -2.13. The van der Waals surface area contributed by atoms with E-state index in [4.69, 9.17) is 0 Å². The summed E-state index contributed by atoms with van der Waals surface area (Å²) in [5.74, 6) is -5.46. The highest BCUT2D eigenvalue weighted by Crippen LogP contribution is 2.26. The standard InChI is InChI=1S/C16H18F3N5O2/c1-24(2)9-6-12(23-22-8-9)20-4-5-21-16(25)10-7-11(17)14(19)15(26-3)13(10)18/h6-8H,4-5H2,1-3H3,(H,20,23)(H,21,25). The zero-order valence-electron chi connectivity index (χ0n) is 14.4. The van der Waals surface area contributed by atoms with Crippen molar-refractivity contribution in [3.05, 3.63) is 41.3 Å². The van der Waals surface area contributed by atoms with Crippen molar-refractivity contribution in [3.8, 4) is 5.75 Å². The summed E-state index contributed by atoms with van der Waals surface area (Å²) in [5.41, 5.74) is 0.192. The van der Waals surface area contributed by atoms with Crippen LogP contribution in [0.15, 0.2) is 18.3 Å². The highest BCUT2D eigenvalue weighted by molar-refractivity contribution is 5.95. The van der Waals surface area contributed by atoms with E-state index in [2.05, 4.69) is 25.6 Å². The first-order chi connectivity index (χ1) is 12.3. The Morgan fingerprint density at radius 2 is 1.92 bits per heavy atom. The molecule has 0 aliphatic heterocycles. The van der Waals surface area contributed by atoms with E-state index in [-0.39, 0.29) is 13.1 Å². The van der Waals surface area contributed by atoms with E-state index in [1.807, 2.05) is 19.0 Å². The number of carbonyl (C=O) groups excluding carboxylic acids is 1. The van der Waals surface area contributed by atoms with Gasteiger partial charge in [-0.25, -0.2) is 8.78 Å². The van der Waals surface area contributed by atoms with Crippen LogP contribution in [0.3, 0.4) is 0 Å². The van der Waals surface area contributed by atoms with Crippen molar-refractivity contribution in [1.29, 1.82) is 0 Å². The van der Waals surface area contributed by atoms with Gasteiger partial charge in [0.15, 0.2) is 23.2 Å². The number of nitrogens with one attached hydrogen (secondary N) is 2. The molecule has 0 aliphatic carbocycles. The fourth-order valence-electron chi connectivity index (χ4n) is 2.07. The highest BCUT2D eigenvalue weighted by Gasteiger charge is 2.23. The molecule has 2 rings (SSSR count). The first-order valence-corrected chi connectivity index (χ1v) is 7.58. The lowest BCUT2D eigenvalue weighted by Crippen LogP contribution is -2.30. The second kappa shape index (κ2) is 8.37. The summed E-state index contributed by atoms with van der Waals surface area (Å²) in [6, 6.07) is 2.25. The number of halogens is 3. The number of nitrogens with zero attached hydrogens (tertiary/aromatic N) is 3. The zero-order chi connectivity index (χ0) is 19.3. The lowest BCUT2D eigenvalue weighted by atomic mass is 10.1. The maximum absolute atomic E-state index is 14.0. The number of amides is 1. The molecular weight excluding hydrogens is 351 g/mol. The number of hydrogen-bond acceptors (Lipinski definition) is 6. The topological polar surface area (TPSA) is 79.4 Å². The Bertz CT molecular complexity index is 802. The van der Waals surface area contributed by atoms with E-state index in [0.717, 1.165) is 12.8 Å². The van der Waals surface area contributed by atoms with Crippen molar-refractivity contribution in [2.24, 2.45) is 0 Å². The molecule has 0 atom stereocenters. The van der Waals surface area contributed by atoms with Gasteiger partial charge in [0.2, 0.25) is 5.82 Å². The molecule has 0 unspecified atom stereocenters. The van der Waals surface area contributed by atoms with Crippen molar-refractivity contribution in [1.82, 2.24) is 15.5 Å². The Hall–Kier alpha value is -3.04.